The first-order valence-corrected chi connectivity index (χ1v) is 42.9. The monoisotopic (exact) mass is 1450 g/mol. The number of esters is 2. The van der Waals surface area contributed by atoms with Crippen molar-refractivity contribution in [1.29, 1.82) is 0 Å². The van der Waals surface area contributed by atoms with Gasteiger partial charge in [0.05, 0.1) is 40.3 Å². The fourth-order valence-electron chi connectivity index (χ4n) is 11.7. The first-order valence-electron chi connectivity index (χ1n) is 42.9. The third kappa shape index (κ3) is 85.5. The molecular weight excluding hydrogens is 1300 g/mol. The minimum Gasteiger partial charge on any atom is -0.545 e. The number of ether oxygens (including phenoxy) is 4. The third-order valence-corrected chi connectivity index (χ3v) is 18.1. The quantitative estimate of drug-likeness (QED) is 0.0195. The molecule has 0 amide bonds. The van der Waals surface area contributed by atoms with Crippen LogP contribution in [0.4, 0.5) is 0 Å². The van der Waals surface area contributed by atoms with E-state index in [1.54, 1.807) is 0 Å². The Bertz CT molecular complexity index is 2400. The van der Waals surface area contributed by atoms with Gasteiger partial charge in [-0.3, -0.25) is 9.59 Å². The first-order chi connectivity index (χ1) is 51.6. The molecule has 0 aromatic heterocycles. The van der Waals surface area contributed by atoms with E-state index in [4.69, 9.17) is 18.9 Å². The van der Waals surface area contributed by atoms with Gasteiger partial charge in [0, 0.05) is 12.8 Å². The minimum absolute atomic E-state index is 0.137. The van der Waals surface area contributed by atoms with Gasteiger partial charge in [0.2, 0.25) is 0 Å². The van der Waals surface area contributed by atoms with E-state index in [0.29, 0.717) is 17.4 Å². The molecule has 105 heavy (non-hydrogen) atoms. The minimum atomic E-state index is -1.64. The summed E-state index contributed by atoms with van der Waals surface area (Å²) in [7, 11) is 5.93. The van der Waals surface area contributed by atoms with E-state index in [1.807, 2.05) is 21.1 Å². The number of carbonyl (C=O) groups is 3. The van der Waals surface area contributed by atoms with Gasteiger partial charge in [-0.25, -0.2) is 0 Å². The molecule has 0 aromatic carbocycles. The van der Waals surface area contributed by atoms with E-state index in [9.17, 15) is 19.5 Å². The summed E-state index contributed by atoms with van der Waals surface area (Å²) in [5.74, 6) is -2.31. The number of aliphatic carboxylic acids is 1. The predicted molar refractivity (Wildman–Crippen MR) is 453 cm³/mol. The Labute approximate surface area is 647 Å². The van der Waals surface area contributed by atoms with Crippen LogP contribution in [0.25, 0.3) is 0 Å². The van der Waals surface area contributed by atoms with Gasteiger partial charge in [0.1, 0.15) is 13.2 Å². The van der Waals surface area contributed by atoms with Crippen LogP contribution in [0.15, 0.2) is 182 Å². The van der Waals surface area contributed by atoms with Crippen molar-refractivity contribution in [3.8, 4) is 0 Å². The van der Waals surface area contributed by atoms with Crippen molar-refractivity contribution in [2.45, 2.75) is 360 Å². The van der Waals surface area contributed by atoms with Gasteiger partial charge in [-0.2, -0.15) is 0 Å². The summed E-state index contributed by atoms with van der Waals surface area (Å²) in [6, 6.07) is 0. The first kappa shape index (κ1) is 99.4. The van der Waals surface area contributed by atoms with E-state index < -0.39 is 24.3 Å². The van der Waals surface area contributed by atoms with Crippen molar-refractivity contribution in [2.24, 2.45) is 0 Å². The van der Waals surface area contributed by atoms with Crippen LogP contribution in [-0.2, 0) is 33.3 Å². The number of carboxylic acids is 1. The molecule has 0 saturated heterocycles. The highest BCUT2D eigenvalue weighted by Crippen LogP contribution is 2.19. The van der Waals surface area contributed by atoms with E-state index in [1.165, 1.54) is 167 Å². The lowest BCUT2D eigenvalue weighted by Gasteiger charge is -2.26. The van der Waals surface area contributed by atoms with Crippen molar-refractivity contribution >= 4 is 17.9 Å². The molecule has 2 unspecified atom stereocenters. The number of carboxylic acid groups (broad SMARTS) is 1. The second-order valence-corrected chi connectivity index (χ2v) is 29.4. The van der Waals surface area contributed by atoms with Gasteiger partial charge in [-0.1, -0.05) is 382 Å². The van der Waals surface area contributed by atoms with Gasteiger partial charge in [0.25, 0.3) is 0 Å². The molecule has 9 nitrogen and oxygen atoms in total. The fraction of sp³-hybridized carbons (Fsp3) is 0.656. The molecule has 0 radical (unpaired) electrons. The average Bonchev–Trinajstić information content (AvgIpc) is 1.97. The van der Waals surface area contributed by atoms with Crippen molar-refractivity contribution in [3.63, 3.8) is 0 Å². The zero-order valence-electron chi connectivity index (χ0n) is 68.3. The van der Waals surface area contributed by atoms with E-state index >= 15 is 0 Å². The Kier molecular flexibility index (Phi) is 79.5. The van der Waals surface area contributed by atoms with Gasteiger partial charge in [0.15, 0.2) is 12.4 Å². The smallest absolute Gasteiger partial charge is 0.306 e. The van der Waals surface area contributed by atoms with Crippen molar-refractivity contribution in [2.75, 3.05) is 47.5 Å². The maximum Gasteiger partial charge on any atom is 0.306 e. The Hall–Kier alpha value is -5.61. The zero-order valence-corrected chi connectivity index (χ0v) is 68.3. The molecular formula is C96H159NO8. The highest BCUT2D eigenvalue weighted by molar-refractivity contribution is 5.70. The molecule has 9 heteroatoms. The Morgan fingerprint density at radius 3 is 0.762 bits per heavy atom. The van der Waals surface area contributed by atoms with E-state index in [0.717, 1.165) is 148 Å². The summed E-state index contributed by atoms with van der Waals surface area (Å²) in [6.45, 7) is 4.51. The SMILES string of the molecule is CC/C=C\C/C=C\C/C=C\C/C=C\C/C=C\C/C=C\C/C=C\C/C=C\C/C=C\C/C=C\C/C=C\CCCCCCCC(=O)OC(COC(=O)CCCCCCCCCCCCCCCCCCCCCCCCCCCCCC/C=C\C/C=C\C/C=C\C/C=C\CC)COC(OCC[N+](C)(C)C)C(=O)[O-]. The molecule has 0 aliphatic carbocycles. The Morgan fingerprint density at radius 1 is 0.286 bits per heavy atom. The van der Waals surface area contributed by atoms with Crippen molar-refractivity contribution in [3.05, 3.63) is 182 Å². The van der Waals surface area contributed by atoms with Crippen LogP contribution in [0.3, 0.4) is 0 Å². The zero-order chi connectivity index (χ0) is 76.0. The van der Waals surface area contributed by atoms with Gasteiger partial charge in [-0.15, -0.1) is 0 Å². The Morgan fingerprint density at radius 2 is 0.514 bits per heavy atom. The highest BCUT2D eigenvalue weighted by atomic mass is 16.7. The van der Waals surface area contributed by atoms with Crippen LogP contribution in [0.2, 0.25) is 0 Å². The number of quaternary nitrogens is 1. The molecule has 0 N–H and O–H groups in total. The molecule has 0 saturated carbocycles. The Balaban J connectivity index is 4.06. The highest BCUT2D eigenvalue weighted by Gasteiger charge is 2.22. The molecule has 0 aliphatic heterocycles. The summed E-state index contributed by atoms with van der Waals surface area (Å²) in [5, 5.41) is 11.9. The van der Waals surface area contributed by atoms with Crippen LogP contribution < -0.4 is 5.11 Å². The summed E-state index contributed by atoms with van der Waals surface area (Å²) in [5.41, 5.74) is 0. The number of hydrogen-bond acceptors (Lipinski definition) is 8. The number of nitrogens with zero attached hydrogens (tertiary/aromatic N) is 1. The second kappa shape index (κ2) is 84.0. The number of likely N-dealkylation sites (N-methyl/N-ethyl adjacent to an activating group) is 1. The van der Waals surface area contributed by atoms with Crippen LogP contribution in [-0.4, -0.2) is 82.3 Å². The van der Waals surface area contributed by atoms with Crippen LogP contribution in [0.5, 0.6) is 0 Å². The van der Waals surface area contributed by atoms with E-state index in [-0.39, 0.29) is 38.6 Å². The van der Waals surface area contributed by atoms with Gasteiger partial charge < -0.3 is 33.3 Å². The summed E-state index contributed by atoms with van der Waals surface area (Å²) in [4.78, 5) is 37.7. The van der Waals surface area contributed by atoms with Crippen LogP contribution >= 0.6 is 0 Å². The van der Waals surface area contributed by atoms with Crippen LogP contribution in [0.1, 0.15) is 348 Å². The fourth-order valence-corrected chi connectivity index (χ4v) is 11.7. The summed E-state index contributed by atoms with van der Waals surface area (Å²) in [6.07, 6.45) is 125. The number of carbonyl (C=O) groups excluding carboxylic acids is 3. The van der Waals surface area contributed by atoms with Crippen LogP contribution in [0, 0.1) is 0 Å². The lowest BCUT2D eigenvalue weighted by molar-refractivity contribution is -0.870. The molecule has 0 aliphatic rings. The molecule has 0 spiro atoms. The summed E-state index contributed by atoms with van der Waals surface area (Å²) >= 11 is 0. The lowest BCUT2D eigenvalue weighted by atomic mass is 10.0. The standard InChI is InChI=1S/C96H159NO8/c1-6-8-10-12-14-16-18-20-22-24-26-28-30-32-34-36-38-40-42-44-46-47-49-50-52-54-56-58-60-62-64-66-68-70-72-74-76-78-80-82-84-86-93(98)103-90-92(91-104-96(95(100)101)102-89-88-97(3,4)5)105-94(99)87-85-83-81-79-77-75-73-71-69-67-65-63-61-59-57-55-53-51-48-45-43-41-39-37-35-33-31-29-27-25-23-21-19-17-15-13-11-9-7-2/h8-11,14-17,20-23,26-29,33,35,39,41,45,48,53,55,59,61,65,67,71,73,92,96H,6-7,12-13,18-19,24-25,30-32,34,36-38,40,42-44,46-47,49-52,54,56-58,60,62-64,66,68-70,72,74-91H2,1-5H3/b10-8-,11-9-,16-14-,17-15-,22-20-,23-21-,28-26-,29-27-,35-33-,41-39-,48-45-,55-53-,61-59-,67-65-,73-71-. The molecule has 0 heterocycles. The number of unbranched alkanes of at least 4 members (excludes halogenated alkanes) is 33. The largest absolute Gasteiger partial charge is 0.545 e. The summed E-state index contributed by atoms with van der Waals surface area (Å²) < 4.78 is 22.9. The van der Waals surface area contributed by atoms with Gasteiger partial charge in [-0.05, 0) is 135 Å². The normalized spacial score (nSPS) is 13.6. The molecule has 0 fully saturated rings. The topological polar surface area (TPSA) is 111 Å². The molecule has 0 aromatic rings. The van der Waals surface area contributed by atoms with E-state index in [2.05, 4.69) is 196 Å². The molecule has 0 rings (SSSR count). The third-order valence-electron chi connectivity index (χ3n) is 18.1. The second-order valence-electron chi connectivity index (χ2n) is 29.4. The van der Waals surface area contributed by atoms with Crippen molar-refractivity contribution in [1.82, 2.24) is 0 Å². The number of hydrogen-bond donors (Lipinski definition) is 0. The van der Waals surface area contributed by atoms with Crippen molar-refractivity contribution < 1.29 is 42.9 Å². The predicted octanol–water partition coefficient (Wildman–Crippen LogP) is 26.9. The van der Waals surface area contributed by atoms with Gasteiger partial charge >= 0.3 is 11.9 Å². The number of allylic oxidation sites excluding steroid dienone is 30. The average molecular weight is 1460 g/mol. The number of rotatable bonds is 78. The molecule has 2 atom stereocenters. The maximum atomic E-state index is 13.0. The lowest BCUT2D eigenvalue weighted by Crippen LogP contribution is -2.44. The molecule has 596 valence electrons. The maximum absolute atomic E-state index is 13.0. The molecule has 0 bridgehead atoms.